The Morgan fingerprint density at radius 3 is 1.94 bits per heavy atom. The molecule has 2 aromatic rings. The van der Waals surface area contributed by atoms with Crippen LogP contribution in [-0.4, -0.2) is 148 Å². The number of nitrogens with one attached hydrogen (secondary N) is 2. The van der Waals surface area contributed by atoms with Crippen LogP contribution in [0.4, 0.5) is 0 Å². The number of likely N-dealkylation sites (N-methyl/N-ethyl adjacent to an activating group) is 2. The minimum atomic E-state index is -1.15. The van der Waals surface area contributed by atoms with Gasteiger partial charge < -0.3 is 49.2 Å². The van der Waals surface area contributed by atoms with E-state index in [-0.39, 0.29) is 48.3 Å². The first-order chi connectivity index (χ1) is 30.8. The van der Waals surface area contributed by atoms with Crippen LogP contribution >= 0.6 is 0 Å². The summed E-state index contributed by atoms with van der Waals surface area (Å²) in [5.41, 5.74) is 1.52. The third kappa shape index (κ3) is 14.0. The average Bonchev–Trinajstić information content (AvgIpc) is 3.77. The molecule has 0 aromatic heterocycles. The molecule has 2 unspecified atom stereocenters. The molecule has 1 aliphatic rings. The number of carboxylic acid groups (broad SMARTS) is 1. The van der Waals surface area contributed by atoms with Gasteiger partial charge in [-0.05, 0) is 43.2 Å². The summed E-state index contributed by atoms with van der Waals surface area (Å²) in [6.45, 7) is 14.2. The van der Waals surface area contributed by atoms with Crippen LogP contribution in [0.1, 0.15) is 85.3 Å². The number of aliphatic carboxylic acids is 1. The number of carbonyl (C=O) groups excluding carboxylic acids is 4. The predicted octanol–water partition coefficient (Wildman–Crippen LogP) is 5.04. The summed E-state index contributed by atoms with van der Waals surface area (Å²) in [6, 6.07) is 8.95. The number of hydrogen-bond acceptors (Lipinski definition) is 11. The maximum absolute atomic E-state index is 14.7. The molecule has 0 spiro atoms. The van der Waals surface area contributed by atoms with Crippen molar-refractivity contribution >= 4 is 29.6 Å². The highest BCUT2D eigenvalue weighted by Crippen LogP contribution is 2.36. The lowest BCUT2D eigenvalue weighted by molar-refractivity contribution is -0.148. The molecule has 1 fully saturated rings. The van der Waals surface area contributed by atoms with E-state index in [4.69, 9.17) is 23.7 Å². The van der Waals surface area contributed by atoms with Gasteiger partial charge in [0, 0.05) is 52.9 Å². The molecule has 16 nitrogen and oxygen atoms in total. The lowest BCUT2D eigenvalue weighted by Gasteiger charge is -2.41. The zero-order valence-corrected chi connectivity index (χ0v) is 41.2. The highest BCUT2D eigenvalue weighted by atomic mass is 16.5. The molecular weight excluding hydrogens is 835 g/mol. The third-order valence-electron chi connectivity index (χ3n) is 13.0. The number of hydrogen-bond donors (Lipinski definition) is 3. The van der Waals surface area contributed by atoms with Gasteiger partial charge in [0.05, 0.1) is 69.6 Å². The Labute approximate surface area is 387 Å². The molecule has 364 valence electrons. The summed E-state index contributed by atoms with van der Waals surface area (Å²) in [5.74, 6) is -2.08. The molecule has 1 saturated heterocycles. The number of carboxylic acids is 1. The summed E-state index contributed by atoms with van der Waals surface area (Å²) in [6.07, 6.45) is 0.591. The highest BCUT2D eigenvalue weighted by molar-refractivity contribution is 5.90. The molecule has 0 bridgehead atoms. The van der Waals surface area contributed by atoms with E-state index in [9.17, 15) is 29.1 Å². The van der Waals surface area contributed by atoms with E-state index in [0.29, 0.717) is 49.6 Å². The van der Waals surface area contributed by atoms with E-state index in [1.165, 1.54) is 14.2 Å². The Morgan fingerprint density at radius 1 is 0.831 bits per heavy atom. The molecule has 9 atom stereocenters. The molecule has 0 radical (unpaired) electrons. The van der Waals surface area contributed by atoms with Gasteiger partial charge in [-0.3, -0.25) is 24.1 Å². The van der Waals surface area contributed by atoms with Crippen LogP contribution in [0, 0.1) is 23.7 Å². The van der Waals surface area contributed by atoms with Crippen LogP contribution < -0.4 is 24.8 Å². The summed E-state index contributed by atoms with van der Waals surface area (Å²) in [4.78, 5) is 74.4. The average molecular weight is 912 g/mol. The molecule has 1 heterocycles. The summed E-state index contributed by atoms with van der Waals surface area (Å²) < 4.78 is 28.8. The topological polar surface area (TPSA) is 186 Å². The number of likely N-dealkylation sites (tertiary alicyclic amines) is 1. The quantitative estimate of drug-likeness (QED) is 0.114. The number of methoxy groups -OCH3 is 5. The summed E-state index contributed by atoms with van der Waals surface area (Å²) in [7, 11) is 11.3. The first kappa shape index (κ1) is 54.4. The monoisotopic (exact) mass is 912 g/mol. The minimum Gasteiger partial charge on any atom is -0.496 e. The van der Waals surface area contributed by atoms with Crippen molar-refractivity contribution in [1.29, 1.82) is 0 Å². The second-order valence-corrected chi connectivity index (χ2v) is 18.0. The lowest BCUT2D eigenvalue weighted by atomic mass is 9.89. The first-order valence-electron chi connectivity index (χ1n) is 22.8. The fourth-order valence-electron chi connectivity index (χ4n) is 9.22. The minimum absolute atomic E-state index is 0.0496. The molecule has 65 heavy (non-hydrogen) atoms. The zero-order valence-electron chi connectivity index (χ0n) is 41.2. The molecular formula is C49H77N5O11. The molecule has 0 aliphatic carbocycles. The van der Waals surface area contributed by atoms with Gasteiger partial charge in [0.1, 0.15) is 29.3 Å². The van der Waals surface area contributed by atoms with E-state index in [2.05, 4.69) is 10.6 Å². The zero-order chi connectivity index (χ0) is 48.7. The normalized spacial score (nSPS) is 17.7. The van der Waals surface area contributed by atoms with Crippen molar-refractivity contribution in [3.63, 3.8) is 0 Å². The second-order valence-electron chi connectivity index (χ2n) is 18.0. The number of carbonyl (C=O) groups is 5. The second kappa shape index (κ2) is 25.7. The van der Waals surface area contributed by atoms with Gasteiger partial charge in [-0.15, -0.1) is 0 Å². The lowest BCUT2D eigenvalue weighted by Crippen LogP contribution is -2.60. The van der Waals surface area contributed by atoms with Gasteiger partial charge in [-0.25, -0.2) is 4.79 Å². The van der Waals surface area contributed by atoms with Gasteiger partial charge in [-0.1, -0.05) is 85.2 Å². The Kier molecular flexibility index (Phi) is 21.5. The molecule has 16 heteroatoms. The molecule has 2 aromatic carbocycles. The van der Waals surface area contributed by atoms with Crippen molar-refractivity contribution in [1.82, 2.24) is 25.3 Å². The van der Waals surface area contributed by atoms with Crippen LogP contribution in [-0.2, 0) is 46.4 Å². The third-order valence-corrected chi connectivity index (χ3v) is 13.0. The van der Waals surface area contributed by atoms with Crippen LogP contribution in [0.25, 0.3) is 0 Å². The van der Waals surface area contributed by atoms with Gasteiger partial charge in [0.2, 0.25) is 23.6 Å². The van der Waals surface area contributed by atoms with Gasteiger partial charge in [0.15, 0.2) is 0 Å². The van der Waals surface area contributed by atoms with Crippen LogP contribution in [0.5, 0.6) is 17.2 Å². The van der Waals surface area contributed by atoms with Gasteiger partial charge >= 0.3 is 5.97 Å². The Balaban J connectivity index is 1.82. The standard InChI is InChI=1S/C49H77N5O11/c1-15-31(6)44(53(9)48(58)42(29(2)3)51-47(57)43(30(4)5)52(8)28-35-38(62-11)25-34(61-10)26-39(35)63-12)40(64-13)27-41(55)54-23-19-22-37(54)45(65-14)32(7)46(56)50-36(49(59)60)24-33-20-17-16-18-21-33/h16-18,20-21,25-26,29-32,36-37,40,42-45H,15,19,22-24,27-28H2,1-14H3,(H,50,56)(H,51,57)(H,59,60)/t31?,32-,36?,37+,40-,42+,43+,44+,45-/m1/s1. The van der Waals surface area contributed by atoms with Gasteiger partial charge in [-0.2, -0.15) is 0 Å². The number of nitrogens with zero attached hydrogens (tertiary/aromatic N) is 3. The van der Waals surface area contributed by atoms with E-state index >= 15 is 0 Å². The molecule has 3 N–H and O–H groups in total. The number of amides is 4. The Bertz CT molecular complexity index is 1840. The predicted molar refractivity (Wildman–Crippen MR) is 249 cm³/mol. The smallest absolute Gasteiger partial charge is 0.326 e. The van der Waals surface area contributed by atoms with E-state index < -0.39 is 60.2 Å². The molecule has 4 amide bonds. The SMILES string of the molecule is CCC(C)[C@@H]([C@@H](CC(=O)N1CCC[C@H]1[C@H](OC)[C@@H](C)C(=O)NC(Cc1ccccc1)C(=O)O)OC)N(C)C(=O)[C@@H](NC(=O)[C@H](C(C)C)N(C)Cc1c(OC)cc(OC)cc1OC)C(C)C. The summed E-state index contributed by atoms with van der Waals surface area (Å²) in [5, 5.41) is 15.7. The van der Waals surface area contributed by atoms with E-state index in [0.717, 1.165) is 11.1 Å². The van der Waals surface area contributed by atoms with E-state index in [1.54, 1.807) is 57.2 Å². The molecule has 1 aliphatic heterocycles. The summed E-state index contributed by atoms with van der Waals surface area (Å²) >= 11 is 0. The van der Waals surface area contributed by atoms with Crippen LogP contribution in [0.2, 0.25) is 0 Å². The van der Waals surface area contributed by atoms with Crippen molar-refractivity contribution in [3.8, 4) is 17.2 Å². The van der Waals surface area contributed by atoms with Crippen molar-refractivity contribution in [2.24, 2.45) is 23.7 Å². The Morgan fingerprint density at radius 2 is 1.45 bits per heavy atom. The molecule has 0 saturated carbocycles. The number of benzene rings is 2. The Hall–Kier alpha value is -4.93. The number of rotatable bonds is 26. The van der Waals surface area contributed by atoms with Crippen molar-refractivity contribution in [2.45, 2.75) is 130 Å². The van der Waals surface area contributed by atoms with Crippen molar-refractivity contribution in [2.75, 3.05) is 56.2 Å². The largest absolute Gasteiger partial charge is 0.496 e. The maximum Gasteiger partial charge on any atom is 0.326 e. The van der Waals surface area contributed by atoms with Crippen molar-refractivity contribution < 1.29 is 52.8 Å². The number of ether oxygens (including phenoxy) is 5. The fraction of sp³-hybridized carbons (Fsp3) is 0.653. The maximum atomic E-state index is 14.7. The van der Waals surface area contributed by atoms with Crippen LogP contribution in [0.3, 0.4) is 0 Å². The van der Waals surface area contributed by atoms with Crippen molar-refractivity contribution in [3.05, 3.63) is 53.6 Å². The van der Waals surface area contributed by atoms with Gasteiger partial charge in [0.25, 0.3) is 0 Å². The first-order valence-corrected chi connectivity index (χ1v) is 22.8. The molecule has 3 rings (SSSR count). The highest BCUT2D eigenvalue weighted by Gasteiger charge is 2.43. The fourth-order valence-corrected chi connectivity index (χ4v) is 9.22. The van der Waals surface area contributed by atoms with Crippen LogP contribution in [0.15, 0.2) is 42.5 Å². The van der Waals surface area contributed by atoms with E-state index in [1.807, 2.05) is 83.8 Å².